The van der Waals surface area contributed by atoms with E-state index >= 15 is 0 Å². The smallest absolute Gasteiger partial charge is 0.319 e. The number of carbonyl (C=O) groups excluding carboxylic acids is 1. The molecule has 0 radical (unpaired) electrons. The van der Waals surface area contributed by atoms with Crippen molar-refractivity contribution >= 4 is 28.9 Å². The molecule has 0 amide bonds. The summed E-state index contributed by atoms with van der Waals surface area (Å²) in [6.07, 6.45) is 0. The Balaban J connectivity index is 2.18. The van der Waals surface area contributed by atoms with Crippen molar-refractivity contribution in [2.45, 2.75) is 13.5 Å². The summed E-state index contributed by atoms with van der Waals surface area (Å²) in [5, 5.41) is 2.98. The van der Waals surface area contributed by atoms with Gasteiger partial charge in [0.15, 0.2) is 0 Å². The van der Waals surface area contributed by atoms with Crippen LogP contribution in [-0.4, -0.2) is 19.1 Å². The van der Waals surface area contributed by atoms with E-state index in [0.717, 1.165) is 9.21 Å². The Bertz CT molecular complexity index is 301. The molecule has 0 spiro atoms. The molecule has 0 fully saturated rings. The Kier molecular flexibility index (Phi) is 4.93. The molecular formula is C9H12ClNO2S. The highest BCUT2D eigenvalue weighted by Crippen LogP contribution is 2.20. The molecule has 0 aliphatic rings. The van der Waals surface area contributed by atoms with Gasteiger partial charge in [-0.05, 0) is 19.1 Å². The first kappa shape index (κ1) is 11.5. The third-order valence-corrected chi connectivity index (χ3v) is 2.73. The topological polar surface area (TPSA) is 38.3 Å². The van der Waals surface area contributed by atoms with Crippen LogP contribution in [0.5, 0.6) is 0 Å². The van der Waals surface area contributed by atoms with Crippen molar-refractivity contribution in [3.05, 3.63) is 21.3 Å². The van der Waals surface area contributed by atoms with E-state index in [-0.39, 0.29) is 12.5 Å². The molecule has 0 saturated heterocycles. The molecule has 1 aromatic heterocycles. The van der Waals surface area contributed by atoms with Gasteiger partial charge >= 0.3 is 5.97 Å². The van der Waals surface area contributed by atoms with Crippen molar-refractivity contribution in [3.8, 4) is 0 Å². The van der Waals surface area contributed by atoms with Crippen LogP contribution in [0.1, 0.15) is 11.8 Å². The molecular weight excluding hydrogens is 222 g/mol. The van der Waals surface area contributed by atoms with Gasteiger partial charge in [-0.25, -0.2) is 0 Å². The van der Waals surface area contributed by atoms with E-state index in [9.17, 15) is 4.79 Å². The monoisotopic (exact) mass is 233 g/mol. The summed E-state index contributed by atoms with van der Waals surface area (Å²) in [6, 6.07) is 3.78. The molecule has 0 aliphatic heterocycles. The van der Waals surface area contributed by atoms with Gasteiger partial charge in [-0.1, -0.05) is 11.6 Å². The van der Waals surface area contributed by atoms with E-state index in [4.69, 9.17) is 16.3 Å². The van der Waals surface area contributed by atoms with E-state index in [1.54, 1.807) is 6.92 Å². The van der Waals surface area contributed by atoms with Gasteiger partial charge in [0.25, 0.3) is 0 Å². The van der Waals surface area contributed by atoms with Crippen molar-refractivity contribution in [1.29, 1.82) is 0 Å². The summed E-state index contributed by atoms with van der Waals surface area (Å²) in [4.78, 5) is 12.0. The molecule has 14 heavy (non-hydrogen) atoms. The van der Waals surface area contributed by atoms with Crippen LogP contribution in [0.3, 0.4) is 0 Å². The summed E-state index contributed by atoms with van der Waals surface area (Å²) < 4.78 is 5.52. The number of hydrogen-bond donors (Lipinski definition) is 1. The quantitative estimate of drug-likeness (QED) is 0.792. The summed E-state index contributed by atoms with van der Waals surface area (Å²) in [5.41, 5.74) is 0. The molecule has 1 aromatic rings. The van der Waals surface area contributed by atoms with Gasteiger partial charge in [-0.3, -0.25) is 4.79 Å². The molecule has 0 aliphatic carbocycles. The normalized spacial score (nSPS) is 10.1. The van der Waals surface area contributed by atoms with Crippen LogP contribution >= 0.6 is 22.9 Å². The van der Waals surface area contributed by atoms with Gasteiger partial charge in [-0.2, -0.15) is 0 Å². The second-order valence-electron chi connectivity index (χ2n) is 2.61. The van der Waals surface area contributed by atoms with Gasteiger partial charge in [0.05, 0.1) is 17.5 Å². The third-order valence-electron chi connectivity index (χ3n) is 1.50. The number of nitrogens with one attached hydrogen (secondary N) is 1. The molecule has 78 valence electrons. The lowest BCUT2D eigenvalue weighted by Gasteiger charge is -2.02. The fourth-order valence-corrected chi connectivity index (χ4v) is 2.00. The first-order valence-corrected chi connectivity index (χ1v) is 5.52. The zero-order chi connectivity index (χ0) is 10.4. The Morgan fingerprint density at radius 3 is 3.00 bits per heavy atom. The number of halogens is 1. The predicted octanol–water partition coefficient (Wildman–Crippen LogP) is 2.05. The van der Waals surface area contributed by atoms with Crippen molar-refractivity contribution < 1.29 is 9.53 Å². The van der Waals surface area contributed by atoms with Crippen LogP contribution in [-0.2, 0) is 16.1 Å². The number of rotatable bonds is 5. The standard InChI is InChI=1S/C9H12ClNO2S/c1-2-13-9(12)6-11-5-7-3-4-8(10)14-7/h3-4,11H,2,5-6H2,1H3. The molecule has 0 bridgehead atoms. The van der Waals surface area contributed by atoms with Gasteiger partial charge < -0.3 is 10.1 Å². The van der Waals surface area contributed by atoms with Crippen LogP contribution < -0.4 is 5.32 Å². The maximum absolute atomic E-state index is 10.9. The van der Waals surface area contributed by atoms with Crippen LogP contribution in [0.25, 0.3) is 0 Å². The van der Waals surface area contributed by atoms with Crippen LogP contribution in [0.15, 0.2) is 12.1 Å². The highest BCUT2D eigenvalue weighted by atomic mass is 35.5. The molecule has 0 aromatic carbocycles. The molecule has 1 rings (SSSR count). The lowest BCUT2D eigenvalue weighted by molar-refractivity contribution is -0.142. The van der Waals surface area contributed by atoms with E-state index in [1.165, 1.54) is 11.3 Å². The largest absolute Gasteiger partial charge is 0.465 e. The average Bonchev–Trinajstić information content (AvgIpc) is 2.52. The molecule has 3 nitrogen and oxygen atoms in total. The van der Waals surface area contributed by atoms with Crippen LogP contribution in [0, 0.1) is 0 Å². The lowest BCUT2D eigenvalue weighted by Crippen LogP contribution is -2.23. The SMILES string of the molecule is CCOC(=O)CNCc1ccc(Cl)s1. The average molecular weight is 234 g/mol. The number of hydrogen-bond acceptors (Lipinski definition) is 4. The summed E-state index contributed by atoms with van der Waals surface area (Å²) in [6.45, 7) is 3.10. The first-order valence-electron chi connectivity index (χ1n) is 4.33. The van der Waals surface area contributed by atoms with Gasteiger partial charge in [-0.15, -0.1) is 11.3 Å². The van der Waals surface area contributed by atoms with Gasteiger partial charge in [0.2, 0.25) is 0 Å². The molecule has 0 unspecified atom stereocenters. The number of ether oxygens (including phenoxy) is 1. The van der Waals surface area contributed by atoms with E-state index in [1.807, 2.05) is 12.1 Å². The van der Waals surface area contributed by atoms with E-state index < -0.39 is 0 Å². The Hall–Kier alpha value is -0.580. The summed E-state index contributed by atoms with van der Waals surface area (Å²) in [5.74, 6) is -0.227. The summed E-state index contributed by atoms with van der Waals surface area (Å²) >= 11 is 7.25. The fourth-order valence-electron chi connectivity index (χ4n) is 0.947. The number of thiophene rings is 1. The van der Waals surface area contributed by atoms with Crippen molar-refractivity contribution in [1.82, 2.24) is 5.32 Å². The second kappa shape index (κ2) is 6.01. The lowest BCUT2D eigenvalue weighted by atomic mass is 10.4. The minimum Gasteiger partial charge on any atom is -0.465 e. The van der Waals surface area contributed by atoms with Crippen molar-refractivity contribution in [3.63, 3.8) is 0 Å². The highest BCUT2D eigenvalue weighted by Gasteiger charge is 2.01. The molecule has 0 atom stereocenters. The van der Waals surface area contributed by atoms with E-state index in [2.05, 4.69) is 5.32 Å². The number of esters is 1. The number of carbonyl (C=O) groups is 1. The maximum Gasteiger partial charge on any atom is 0.319 e. The first-order chi connectivity index (χ1) is 6.72. The Morgan fingerprint density at radius 2 is 2.43 bits per heavy atom. The predicted molar refractivity (Wildman–Crippen MR) is 57.7 cm³/mol. The van der Waals surface area contributed by atoms with Crippen molar-refractivity contribution in [2.24, 2.45) is 0 Å². The Labute approximate surface area is 92.0 Å². The van der Waals surface area contributed by atoms with Gasteiger partial charge in [0.1, 0.15) is 0 Å². The zero-order valence-corrected chi connectivity index (χ0v) is 9.45. The minimum atomic E-state index is -0.227. The molecule has 1 heterocycles. The molecule has 1 N–H and O–H groups in total. The summed E-state index contributed by atoms with van der Waals surface area (Å²) in [7, 11) is 0. The Morgan fingerprint density at radius 1 is 1.64 bits per heavy atom. The van der Waals surface area contributed by atoms with E-state index in [0.29, 0.717) is 13.2 Å². The highest BCUT2D eigenvalue weighted by molar-refractivity contribution is 7.16. The minimum absolute atomic E-state index is 0.227. The van der Waals surface area contributed by atoms with Crippen LogP contribution in [0.4, 0.5) is 0 Å². The maximum atomic E-state index is 10.9. The van der Waals surface area contributed by atoms with Crippen LogP contribution in [0.2, 0.25) is 4.34 Å². The van der Waals surface area contributed by atoms with Gasteiger partial charge in [0, 0.05) is 11.4 Å². The molecule has 0 saturated carbocycles. The zero-order valence-electron chi connectivity index (χ0n) is 7.88. The second-order valence-corrected chi connectivity index (χ2v) is 4.41. The van der Waals surface area contributed by atoms with Crippen molar-refractivity contribution in [2.75, 3.05) is 13.2 Å². The third kappa shape index (κ3) is 4.09. The fraction of sp³-hybridized carbons (Fsp3) is 0.444. The molecule has 5 heteroatoms.